The van der Waals surface area contributed by atoms with Crippen molar-refractivity contribution in [1.82, 2.24) is 4.90 Å². The van der Waals surface area contributed by atoms with Crippen LogP contribution in [0.15, 0.2) is 24.3 Å². The van der Waals surface area contributed by atoms with Crippen LogP contribution in [-0.4, -0.2) is 52.6 Å². The van der Waals surface area contributed by atoms with Gasteiger partial charge in [-0.2, -0.15) is 0 Å². The Balaban J connectivity index is 1.78. The van der Waals surface area contributed by atoms with E-state index in [0.717, 1.165) is 5.56 Å². The highest BCUT2D eigenvalue weighted by Gasteiger charge is 2.32. The Morgan fingerprint density at radius 3 is 2.36 bits per heavy atom. The van der Waals surface area contributed by atoms with Crippen molar-refractivity contribution in [2.75, 3.05) is 19.6 Å². The number of carboxylic acid groups (broad SMARTS) is 1. The predicted molar refractivity (Wildman–Crippen MR) is 96.9 cm³/mol. The summed E-state index contributed by atoms with van der Waals surface area (Å²) in [6.45, 7) is 8.22. The van der Waals surface area contributed by atoms with Crippen LogP contribution in [0.25, 0.3) is 0 Å². The fourth-order valence-corrected chi connectivity index (χ4v) is 3.31. The van der Waals surface area contributed by atoms with Crippen molar-refractivity contribution in [2.45, 2.75) is 51.6 Å². The third-order valence-corrected chi connectivity index (χ3v) is 4.87. The molecule has 0 aromatic heterocycles. The lowest BCUT2D eigenvalue weighted by atomic mass is 9.86. The quantitative estimate of drug-likeness (QED) is 0.742. The number of Topliss-reactive ketones (excluding diaryl/α,β-unsaturated/α-hetero) is 1. The number of carbonyl (C=O) groups excluding carboxylic acids is 1. The Kier molecular flexibility index (Phi) is 6.36. The third-order valence-electron chi connectivity index (χ3n) is 4.87. The molecule has 0 amide bonds. The van der Waals surface area contributed by atoms with Gasteiger partial charge in [0.05, 0.1) is 12.5 Å². The average molecular weight is 347 g/mol. The molecule has 1 fully saturated rings. The standard InChI is InChI=1S/C20H29NO4/c1-20(2,3)16-8-6-14(7-9-16)17(22)5-4-10-21-12-15(11-19(24)25)18(23)13-21/h6-9,15,18,23H,4-5,10-13H2,1-3H3,(H,24,25)/t15-,18-/m1/s1. The number of nitrogens with zero attached hydrogens (tertiary/aromatic N) is 1. The molecule has 2 rings (SSSR count). The fraction of sp³-hybridized carbons (Fsp3) is 0.600. The number of aliphatic hydroxyl groups is 1. The predicted octanol–water partition coefficient (Wildman–Crippen LogP) is 2.71. The van der Waals surface area contributed by atoms with Crippen molar-refractivity contribution in [3.8, 4) is 0 Å². The molecule has 0 radical (unpaired) electrons. The highest BCUT2D eigenvalue weighted by molar-refractivity contribution is 5.96. The van der Waals surface area contributed by atoms with E-state index < -0.39 is 12.1 Å². The Morgan fingerprint density at radius 2 is 1.80 bits per heavy atom. The van der Waals surface area contributed by atoms with E-state index in [0.29, 0.717) is 32.5 Å². The number of β-amino-alcohol motifs (C(OH)–C–C–N with tert-alkyl or cyclic N) is 1. The van der Waals surface area contributed by atoms with E-state index in [2.05, 4.69) is 20.8 Å². The first-order valence-corrected chi connectivity index (χ1v) is 8.93. The number of carbonyl (C=O) groups is 2. The summed E-state index contributed by atoms with van der Waals surface area (Å²) in [4.78, 5) is 25.1. The van der Waals surface area contributed by atoms with E-state index in [1.807, 2.05) is 29.2 Å². The zero-order chi connectivity index (χ0) is 18.6. The molecule has 5 heteroatoms. The molecule has 138 valence electrons. The van der Waals surface area contributed by atoms with E-state index in [1.54, 1.807) is 0 Å². The van der Waals surface area contributed by atoms with E-state index in [1.165, 1.54) is 5.56 Å². The second-order valence-corrected chi connectivity index (χ2v) is 8.04. The van der Waals surface area contributed by atoms with Crippen LogP contribution >= 0.6 is 0 Å². The van der Waals surface area contributed by atoms with Crippen LogP contribution in [0, 0.1) is 5.92 Å². The van der Waals surface area contributed by atoms with Gasteiger partial charge in [-0.3, -0.25) is 9.59 Å². The molecule has 5 nitrogen and oxygen atoms in total. The molecule has 2 N–H and O–H groups in total. The molecule has 1 aromatic rings. The maximum Gasteiger partial charge on any atom is 0.303 e. The van der Waals surface area contributed by atoms with Crippen LogP contribution in [0.1, 0.15) is 56.0 Å². The third kappa shape index (κ3) is 5.65. The zero-order valence-electron chi connectivity index (χ0n) is 15.4. The molecule has 1 aliphatic rings. The Labute approximate surface area is 149 Å². The normalized spacial score (nSPS) is 21.4. The van der Waals surface area contributed by atoms with E-state index in [4.69, 9.17) is 5.11 Å². The van der Waals surface area contributed by atoms with Crippen molar-refractivity contribution < 1.29 is 19.8 Å². The van der Waals surface area contributed by atoms with E-state index in [9.17, 15) is 14.7 Å². The number of aliphatic carboxylic acids is 1. The van der Waals surface area contributed by atoms with Crippen molar-refractivity contribution in [3.05, 3.63) is 35.4 Å². The number of aliphatic hydroxyl groups excluding tert-OH is 1. The smallest absolute Gasteiger partial charge is 0.303 e. The molecule has 1 aromatic carbocycles. The Bertz CT molecular complexity index is 603. The van der Waals surface area contributed by atoms with Crippen molar-refractivity contribution in [2.24, 2.45) is 5.92 Å². The molecule has 0 spiro atoms. The SMILES string of the molecule is CC(C)(C)c1ccc(C(=O)CCCN2C[C@@H](CC(=O)O)[C@H](O)C2)cc1. The number of ketones is 1. The van der Waals surface area contributed by atoms with Gasteiger partial charge in [0, 0.05) is 31.0 Å². The zero-order valence-corrected chi connectivity index (χ0v) is 15.4. The molecule has 0 bridgehead atoms. The molecule has 2 atom stereocenters. The van der Waals surface area contributed by atoms with Crippen LogP contribution in [0.2, 0.25) is 0 Å². The number of rotatable bonds is 7. The maximum atomic E-state index is 12.3. The van der Waals surface area contributed by atoms with Gasteiger partial charge in [-0.05, 0) is 23.9 Å². The summed E-state index contributed by atoms with van der Waals surface area (Å²) in [5.41, 5.74) is 2.02. The number of likely N-dealkylation sites (tertiary alicyclic amines) is 1. The fourth-order valence-electron chi connectivity index (χ4n) is 3.31. The Morgan fingerprint density at radius 1 is 1.16 bits per heavy atom. The number of hydrogen-bond acceptors (Lipinski definition) is 4. The molecule has 0 aliphatic carbocycles. The van der Waals surface area contributed by atoms with Gasteiger partial charge < -0.3 is 15.1 Å². The molecule has 0 unspecified atom stereocenters. The lowest BCUT2D eigenvalue weighted by Crippen LogP contribution is -2.23. The highest BCUT2D eigenvalue weighted by Crippen LogP contribution is 2.23. The minimum absolute atomic E-state index is 0.00325. The summed E-state index contributed by atoms with van der Waals surface area (Å²) in [7, 11) is 0. The number of benzene rings is 1. The minimum Gasteiger partial charge on any atom is -0.481 e. The van der Waals surface area contributed by atoms with Gasteiger partial charge in [0.25, 0.3) is 0 Å². The number of carboxylic acids is 1. The first kappa shape index (κ1) is 19.6. The van der Waals surface area contributed by atoms with Crippen LogP contribution < -0.4 is 0 Å². The van der Waals surface area contributed by atoms with Crippen molar-refractivity contribution in [1.29, 1.82) is 0 Å². The monoisotopic (exact) mass is 347 g/mol. The minimum atomic E-state index is -0.875. The van der Waals surface area contributed by atoms with Gasteiger partial charge in [0.1, 0.15) is 0 Å². The average Bonchev–Trinajstić information content (AvgIpc) is 2.85. The number of hydrogen-bond donors (Lipinski definition) is 2. The molecule has 25 heavy (non-hydrogen) atoms. The lowest BCUT2D eigenvalue weighted by Gasteiger charge is -2.19. The maximum absolute atomic E-state index is 12.3. The summed E-state index contributed by atoms with van der Waals surface area (Å²) in [5, 5.41) is 18.8. The molecule has 0 saturated carbocycles. The summed E-state index contributed by atoms with van der Waals surface area (Å²) in [6, 6.07) is 7.82. The van der Waals surface area contributed by atoms with E-state index in [-0.39, 0.29) is 23.5 Å². The molecule has 1 saturated heterocycles. The van der Waals surface area contributed by atoms with Crippen LogP contribution in [0.5, 0.6) is 0 Å². The molecule has 1 heterocycles. The van der Waals surface area contributed by atoms with Gasteiger partial charge in [-0.25, -0.2) is 0 Å². The summed E-state index contributed by atoms with van der Waals surface area (Å²) in [6.07, 6.45) is 0.588. The van der Waals surface area contributed by atoms with Gasteiger partial charge in [0.2, 0.25) is 0 Å². The van der Waals surface area contributed by atoms with Crippen molar-refractivity contribution in [3.63, 3.8) is 0 Å². The van der Waals surface area contributed by atoms with Gasteiger partial charge in [0.15, 0.2) is 5.78 Å². The molecular formula is C20H29NO4. The molecule has 1 aliphatic heterocycles. The summed E-state index contributed by atoms with van der Waals surface area (Å²) < 4.78 is 0. The Hall–Kier alpha value is -1.72. The van der Waals surface area contributed by atoms with Crippen LogP contribution in [0.3, 0.4) is 0 Å². The topological polar surface area (TPSA) is 77.8 Å². The first-order valence-electron chi connectivity index (χ1n) is 8.93. The lowest BCUT2D eigenvalue weighted by molar-refractivity contribution is -0.138. The van der Waals surface area contributed by atoms with Crippen molar-refractivity contribution >= 4 is 11.8 Å². The van der Waals surface area contributed by atoms with Gasteiger partial charge >= 0.3 is 5.97 Å². The summed E-state index contributed by atoms with van der Waals surface area (Å²) in [5.74, 6) is -0.958. The van der Waals surface area contributed by atoms with Gasteiger partial charge in [-0.1, -0.05) is 45.0 Å². The summed E-state index contributed by atoms with van der Waals surface area (Å²) >= 11 is 0. The van der Waals surface area contributed by atoms with Crippen LogP contribution in [-0.2, 0) is 10.2 Å². The van der Waals surface area contributed by atoms with Gasteiger partial charge in [-0.15, -0.1) is 0 Å². The van der Waals surface area contributed by atoms with Crippen LogP contribution in [0.4, 0.5) is 0 Å². The second-order valence-electron chi connectivity index (χ2n) is 8.04. The first-order chi connectivity index (χ1) is 11.7. The second kappa shape index (κ2) is 8.11. The van der Waals surface area contributed by atoms with E-state index >= 15 is 0 Å². The molecular weight excluding hydrogens is 318 g/mol. The largest absolute Gasteiger partial charge is 0.481 e. The highest BCUT2D eigenvalue weighted by atomic mass is 16.4.